The molecule has 0 radical (unpaired) electrons. The third kappa shape index (κ3) is 3.19. The highest BCUT2D eigenvalue weighted by Gasteiger charge is 2.30. The number of anilines is 1. The summed E-state index contributed by atoms with van der Waals surface area (Å²) < 4.78 is 0. The van der Waals surface area contributed by atoms with Crippen molar-refractivity contribution in [2.24, 2.45) is 5.41 Å². The molecule has 1 aromatic carbocycles. The lowest BCUT2D eigenvalue weighted by atomic mass is 9.87. The Hall–Kier alpha value is -2.11. The van der Waals surface area contributed by atoms with Crippen LogP contribution < -0.4 is 5.32 Å². The fraction of sp³-hybridized carbons (Fsp3) is 0.417. The van der Waals surface area contributed by atoms with Crippen molar-refractivity contribution in [1.29, 1.82) is 0 Å². The van der Waals surface area contributed by atoms with E-state index < -0.39 is 16.3 Å². The molecule has 1 unspecified atom stereocenters. The summed E-state index contributed by atoms with van der Waals surface area (Å²) in [6.07, 6.45) is 0.502. The van der Waals surface area contributed by atoms with E-state index in [0.29, 0.717) is 12.1 Å². The average molecular weight is 252 g/mol. The number of nitro benzene ring substituents is 1. The van der Waals surface area contributed by atoms with Crippen LogP contribution in [0, 0.1) is 15.5 Å². The van der Waals surface area contributed by atoms with Gasteiger partial charge in [0.2, 0.25) is 0 Å². The number of nitro groups is 1. The minimum absolute atomic E-state index is 0.0111. The van der Waals surface area contributed by atoms with E-state index in [4.69, 9.17) is 5.11 Å². The van der Waals surface area contributed by atoms with Gasteiger partial charge in [0.05, 0.1) is 10.3 Å². The number of carboxylic acids is 1. The van der Waals surface area contributed by atoms with Gasteiger partial charge in [-0.15, -0.1) is 0 Å². The standard InChI is InChI=1S/C12H16N2O4/c1-3-12(2,11(15)16)8-13-9-4-6-10(7-5-9)14(17)18/h4-7,13H,3,8H2,1-2H3,(H,15,16). The smallest absolute Gasteiger partial charge is 0.311 e. The van der Waals surface area contributed by atoms with Crippen molar-refractivity contribution >= 4 is 17.3 Å². The van der Waals surface area contributed by atoms with Crippen LogP contribution in [0.3, 0.4) is 0 Å². The summed E-state index contributed by atoms with van der Waals surface area (Å²) in [6, 6.07) is 5.89. The Balaban J connectivity index is 2.69. The van der Waals surface area contributed by atoms with Crippen LogP contribution in [0.4, 0.5) is 11.4 Å². The van der Waals surface area contributed by atoms with Crippen LogP contribution in [0.1, 0.15) is 20.3 Å². The number of nitrogens with one attached hydrogen (secondary N) is 1. The second kappa shape index (κ2) is 5.48. The molecule has 0 aliphatic rings. The molecular formula is C12H16N2O4. The largest absolute Gasteiger partial charge is 0.481 e. The van der Waals surface area contributed by atoms with Crippen LogP contribution in [0.25, 0.3) is 0 Å². The number of non-ortho nitro benzene ring substituents is 1. The minimum atomic E-state index is -0.862. The Labute approximate surface area is 105 Å². The molecule has 2 N–H and O–H groups in total. The van der Waals surface area contributed by atoms with E-state index in [-0.39, 0.29) is 12.2 Å². The second-order valence-corrected chi connectivity index (χ2v) is 4.38. The number of hydrogen-bond acceptors (Lipinski definition) is 4. The fourth-order valence-corrected chi connectivity index (χ4v) is 1.35. The summed E-state index contributed by atoms with van der Waals surface area (Å²) in [5.74, 6) is -0.862. The number of nitrogens with zero attached hydrogens (tertiary/aromatic N) is 1. The molecule has 1 aromatic rings. The zero-order valence-corrected chi connectivity index (χ0v) is 10.3. The number of aliphatic carboxylic acids is 1. The molecule has 6 nitrogen and oxygen atoms in total. The lowest BCUT2D eigenvalue weighted by Gasteiger charge is -2.23. The second-order valence-electron chi connectivity index (χ2n) is 4.38. The first-order valence-electron chi connectivity index (χ1n) is 5.61. The van der Waals surface area contributed by atoms with Gasteiger partial charge >= 0.3 is 5.97 Å². The van der Waals surface area contributed by atoms with Crippen LogP contribution in [-0.4, -0.2) is 22.5 Å². The number of carbonyl (C=O) groups is 1. The predicted octanol–water partition coefficient (Wildman–Crippen LogP) is 2.51. The van der Waals surface area contributed by atoms with Crippen molar-refractivity contribution in [3.63, 3.8) is 0 Å². The van der Waals surface area contributed by atoms with Crippen LogP contribution in [0.2, 0.25) is 0 Å². The van der Waals surface area contributed by atoms with E-state index in [0.717, 1.165) is 0 Å². The van der Waals surface area contributed by atoms with Gasteiger partial charge in [0.25, 0.3) is 5.69 Å². The van der Waals surface area contributed by atoms with E-state index in [1.165, 1.54) is 12.1 Å². The summed E-state index contributed by atoms with van der Waals surface area (Å²) in [6.45, 7) is 3.75. The van der Waals surface area contributed by atoms with Gasteiger partial charge in [0, 0.05) is 24.4 Å². The van der Waals surface area contributed by atoms with Crippen molar-refractivity contribution < 1.29 is 14.8 Å². The topological polar surface area (TPSA) is 92.5 Å². The molecule has 18 heavy (non-hydrogen) atoms. The SMILES string of the molecule is CCC(C)(CNc1ccc([N+](=O)[O-])cc1)C(=O)O. The molecule has 0 fully saturated rings. The van der Waals surface area contributed by atoms with E-state index >= 15 is 0 Å². The fourth-order valence-electron chi connectivity index (χ4n) is 1.35. The summed E-state index contributed by atoms with van der Waals surface area (Å²) >= 11 is 0. The summed E-state index contributed by atoms with van der Waals surface area (Å²) in [5.41, 5.74) is -0.166. The number of carboxylic acid groups (broad SMARTS) is 1. The Kier molecular flexibility index (Phi) is 4.25. The molecule has 1 atom stereocenters. The monoisotopic (exact) mass is 252 g/mol. The minimum Gasteiger partial charge on any atom is -0.481 e. The molecule has 6 heteroatoms. The van der Waals surface area contributed by atoms with Crippen molar-refractivity contribution in [2.75, 3.05) is 11.9 Å². The van der Waals surface area contributed by atoms with Gasteiger partial charge in [0.15, 0.2) is 0 Å². The van der Waals surface area contributed by atoms with Crippen LogP contribution in [0.5, 0.6) is 0 Å². The lowest BCUT2D eigenvalue weighted by molar-refractivity contribution is -0.384. The maximum atomic E-state index is 11.1. The molecule has 0 aliphatic carbocycles. The van der Waals surface area contributed by atoms with Gasteiger partial charge in [0.1, 0.15) is 0 Å². The molecule has 0 heterocycles. The van der Waals surface area contributed by atoms with Crippen molar-refractivity contribution in [3.8, 4) is 0 Å². The van der Waals surface area contributed by atoms with Gasteiger partial charge in [-0.05, 0) is 25.5 Å². The molecule has 0 spiro atoms. The molecule has 0 amide bonds. The van der Waals surface area contributed by atoms with Crippen LogP contribution in [-0.2, 0) is 4.79 Å². The van der Waals surface area contributed by atoms with Gasteiger partial charge in [-0.2, -0.15) is 0 Å². The lowest BCUT2D eigenvalue weighted by Crippen LogP contribution is -2.34. The van der Waals surface area contributed by atoms with E-state index in [2.05, 4.69) is 5.32 Å². The van der Waals surface area contributed by atoms with Gasteiger partial charge in [-0.3, -0.25) is 14.9 Å². The number of benzene rings is 1. The average Bonchev–Trinajstić information content (AvgIpc) is 2.36. The zero-order chi connectivity index (χ0) is 13.8. The maximum Gasteiger partial charge on any atom is 0.311 e. The Morgan fingerprint density at radius 3 is 2.39 bits per heavy atom. The van der Waals surface area contributed by atoms with E-state index in [1.807, 2.05) is 6.92 Å². The molecule has 98 valence electrons. The van der Waals surface area contributed by atoms with Crippen LogP contribution in [0.15, 0.2) is 24.3 Å². The summed E-state index contributed by atoms with van der Waals surface area (Å²) in [5, 5.41) is 22.6. The zero-order valence-electron chi connectivity index (χ0n) is 10.3. The summed E-state index contributed by atoms with van der Waals surface area (Å²) in [7, 11) is 0. The third-order valence-electron chi connectivity index (χ3n) is 3.06. The van der Waals surface area contributed by atoms with Gasteiger partial charge < -0.3 is 10.4 Å². The molecule has 0 bridgehead atoms. The first kappa shape index (κ1) is 14.0. The quantitative estimate of drug-likeness (QED) is 0.599. The summed E-state index contributed by atoms with van der Waals surface area (Å²) in [4.78, 5) is 21.1. The number of rotatable bonds is 6. The molecule has 0 aromatic heterocycles. The highest BCUT2D eigenvalue weighted by Crippen LogP contribution is 2.23. The highest BCUT2D eigenvalue weighted by molar-refractivity contribution is 5.75. The Morgan fingerprint density at radius 1 is 1.44 bits per heavy atom. The first-order chi connectivity index (χ1) is 8.39. The van der Waals surface area contributed by atoms with E-state index in [9.17, 15) is 14.9 Å². The highest BCUT2D eigenvalue weighted by atomic mass is 16.6. The van der Waals surface area contributed by atoms with Gasteiger partial charge in [-0.1, -0.05) is 6.92 Å². The third-order valence-corrected chi connectivity index (χ3v) is 3.06. The van der Waals surface area contributed by atoms with Crippen molar-refractivity contribution in [1.82, 2.24) is 0 Å². The predicted molar refractivity (Wildman–Crippen MR) is 67.6 cm³/mol. The van der Waals surface area contributed by atoms with Crippen molar-refractivity contribution in [3.05, 3.63) is 34.4 Å². The molecule has 0 saturated heterocycles. The Bertz CT molecular complexity index is 444. The first-order valence-corrected chi connectivity index (χ1v) is 5.61. The molecule has 0 aliphatic heterocycles. The normalized spacial score (nSPS) is 13.7. The van der Waals surface area contributed by atoms with Crippen LogP contribution >= 0.6 is 0 Å². The Morgan fingerprint density at radius 2 is 2.00 bits per heavy atom. The van der Waals surface area contributed by atoms with Crippen molar-refractivity contribution in [2.45, 2.75) is 20.3 Å². The van der Waals surface area contributed by atoms with E-state index in [1.54, 1.807) is 19.1 Å². The molecular weight excluding hydrogens is 236 g/mol. The van der Waals surface area contributed by atoms with Gasteiger partial charge in [-0.25, -0.2) is 0 Å². The molecule has 1 rings (SSSR count). The molecule has 0 saturated carbocycles. The maximum absolute atomic E-state index is 11.1. The number of hydrogen-bond donors (Lipinski definition) is 2.